The lowest BCUT2D eigenvalue weighted by Gasteiger charge is -2.06. The van der Waals surface area contributed by atoms with Gasteiger partial charge in [-0.25, -0.2) is 13.6 Å². The number of halogens is 1. The molecule has 0 aliphatic heterocycles. The summed E-state index contributed by atoms with van der Waals surface area (Å²) < 4.78 is 31.4. The number of rotatable bonds is 6. The highest BCUT2D eigenvalue weighted by molar-refractivity contribution is 9.11. The van der Waals surface area contributed by atoms with Crippen LogP contribution in [0.2, 0.25) is 0 Å². The van der Waals surface area contributed by atoms with Crippen LogP contribution in [0.3, 0.4) is 0 Å². The van der Waals surface area contributed by atoms with Gasteiger partial charge in [0.2, 0.25) is 10.0 Å². The van der Waals surface area contributed by atoms with E-state index in [-0.39, 0.29) is 30.4 Å². The van der Waals surface area contributed by atoms with E-state index in [0.717, 1.165) is 15.1 Å². The van der Waals surface area contributed by atoms with Crippen molar-refractivity contribution in [1.29, 1.82) is 0 Å². The normalized spacial score (nSPS) is 12.4. The van der Waals surface area contributed by atoms with Crippen LogP contribution < -0.4 is 9.94 Å². The van der Waals surface area contributed by atoms with Gasteiger partial charge in [-0.3, -0.25) is 9.59 Å². The number of sulfonamides is 1. The van der Waals surface area contributed by atoms with E-state index in [1.807, 2.05) is 0 Å². The Kier molecular flexibility index (Phi) is 6.69. The summed E-state index contributed by atoms with van der Waals surface area (Å²) >= 11 is 5.71. The average Bonchev–Trinajstić information content (AvgIpc) is 3.22. The van der Waals surface area contributed by atoms with Crippen LogP contribution in [0.4, 0.5) is 0 Å². The van der Waals surface area contributed by atoms with Gasteiger partial charge in [-0.05, 0) is 53.2 Å². The molecule has 154 valence electrons. The zero-order valence-electron chi connectivity index (χ0n) is 15.1. The number of benzene rings is 1. The Bertz CT molecular complexity index is 1260. The monoisotopic (exact) mass is 517 g/mol. The number of thiazole rings is 1. The maximum atomic E-state index is 12.5. The molecule has 0 radical (unpaired) electrons. The minimum Gasteiger partial charge on any atom is -0.466 e. The van der Waals surface area contributed by atoms with E-state index in [1.54, 1.807) is 29.7 Å². The second kappa shape index (κ2) is 8.88. The minimum absolute atomic E-state index is 0.0381. The summed E-state index contributed by atoms with van der Waals surface area (Å²) in [5.74, 6) is -0.802. The van der Waals surface area contributed by atoms with Gasteiger partial charge >= 0.3 is 5.97 Å². The number of primary sulfonamides is 1. The van der Waals surface area contributed by atoms with E-state index in [1.165, 1.54) is 23.5 Å². The number of carbonyl (C=O) groups is 2. The summed E-state index contributed by atoms with van der Waals surface area (Å²) in [6.07, 6.45) is 0.0859. The SMILES string of the molecule is CCOC(=O)CCn1c(=NC(=O)c2ccc(Br)s2)sc2cc(S(N)(=O)=O)ccc21. The van der Waals surface area contributed by atoms with Crippen molar-refractivity contribution in [2.24, 2.45) is 10.1 Å². The lowest BCUT2D eigenvalue weighted by atomic mass is 10.3. The smallest absolute Gasteiger partial charge is 0.307 e. The highest BCUT2D eigenvalue weighted by Gasteiger charge is 2.15. The Labute approximate surface area is 182 Å². The van der Waals surface area contributed by atoms with Gasteiger partial charge in [-0.15, -0.1) is 11.3 Å². The van der Waals surface area contributed by atoms with Crippen molar-refractivity contribution in [2.75, 3.05) is 6.61 Å². The van der Waals surface area contributed by atoms with Gasteiger partial charge in [0, 0.05) is 6.54 Å². The van der Waals surface area contributed by atoms with Crippen LogP contribution in [-0.2, 0) is 26.1 Å². The number of aromatic nitrogens is 1. The number of nitrogens with zero attached hydrogens (tertiary/aromatic N) is 2. The maximum Gasteiger partial charge on any atom is 0.307 e. The largest absolute Gasteiger partial charge is 0.466 e. The summed E-state index contributed by atoms with van der Waals surface area (Å²) in [4.78, 5) is 29.3. The molecule has 2 heterocycles. The van der Waals surface area contributed by atoms with Crippen molar-refractivity contribution < 1.29 is 22.7 Å². The Morgan fingerprint density at radius 2 is 2.00 bits per heavy atom. The van der Waals surface area contributed by atoms with Gasteiger partial charge in [-0.1, -0.05) is 11.3 Å². The number of thiophene rings is 1. The lowest BCUT2D eigenvalue weighted by Crippen LogP contribution is -2.19. The summed E-state index contributed by atoms with van der Waals surface area (Å²) in [5, 5.41) is 5.21. The number of hydrogen-bond donors (Lipinski definition) is 1. The van der Waals surface area contributed by atoms with Gasteiger partial charge in [-0.2, -0.15) is 4.99 Å². The van der Waals surface area contributed by atoms with Crippen molar-refractivity contribution in [1.82, 2.24) is 4.57 Å². The van der Waals surface area contributed by atoms with E-state index < -0.39 is 15.9 Å². The maximum absolute atomic E-state index is 12.5. The van der Waals surface area contributed by atoms with Gasteiger partial charge in [0.1, 0.15) is 0 Å². The van der Waals surface area contributed by atoms with Gasteiger partial charge in [0.15, 0.2) is 4.80 Å². The Balaban J connectivity index is 2.10. The van der Waals surface area contributed by atoms with Crippen LogP contribution in [0.15, 0.2) is 44.0 Å². The van der Waals surface area contributed by atoms with Gasteiger partial charge < -0.3 is 9.30 Å². The molecule has 3 aromatic rings. The predicted molar refractivity (Wildman–Crippen MR) is 114 cm³/mol. The number of fused-ring (bicyclic) bond motifs is 1. The molecule has 0 saturated heterocycles. The molecular weight excluding hydrogens is 502 g/mol. The molecule has 2 N–H and O–H groups in total. The molecular formula is C17H16BrN3O5S3. The van der Waals surface area contributed by atoms with Crippen LogP contribution in [0.5, 0.6) is 0 Å². The quantitative estimate of drug-likeness (QED) is 0.503. The molecule has 2 aromatic heterocycles. The van der Waals surface area contributed by atoms with Gasteiger partial charge in [0.25, 0.3) is 5.91 Å². The van der Waals surface area contributed by atoms with E-state index >= 15 is 0 Å². The summed E-state index contributed by atoms with van der Waals surface area (Å²) in [6.45, 7) is 2.22. The van der Waals surface area contributed by atoms with E-state index in [4.69, 9.17) is 9.88 Å². The average molecular weight is 518 g/mol. The fraction of sp³-hybridized carbons (Fsp3) is 0.235. The number of carbonyl (C=O) groups excluding carboxylic acids is 2. The Morgan fingerprint density at radius 1 is 1.24 bits per heavy atom. The first kappa shape index (κ1) is 21.8. The second-order valence-corrected chi connectivity index (χ2v) is 10.8. The first-order chi connectivity index (χ1) is 13.7. The van der Waals surface area contributed by atoms with Crippen LogP contribution in [0.1, 0.15) is 23.0 Å². The van der Waals surface area contributed by atoms with Crippen molar-refractivity contribution in [3.05, 3.63) is 43.8 Å². The molecule has 0 aliphatic carbocycles. The van der Waals surface area contributed by atoms with E-state index in [0.29, 0.717) is 19.9 Å². The molecule has 0 fully saturated rings. The van der Waals surface area contributed by atoms with Crippen LogP contribution in [0.25, 0.3) is 10.2 Å². The number of ether oxygens (including phenoxy) is 1. The number of esters is 1. The molecule has 0 unspecified atom stereocenters. The van der Waals surface area contributed by atoms with Crippen LogP contribution in [-0.4, -0.2) is 31.5 Å². The molecule has 1 aromatic carbocycles. The number of aryl methyl sites for hydroxylation is 1. The third kappa shape index (κ3) is 5.20. The minimum atomic E-state index is -3.87. The number of nitrogens with two attached hydrogens (primary N) is 1. The molecule has 1 amide bonds. The van der Waals surface area contributed by atoms with Crippen molar-refractivity contribution in [3.63, 3.8) is 0 Å². The van der Waals surface area contributed by atoms with Gasteiger partial charge in [0.05, 0.1) is 36.8 Å². The van der Waals surface area contributed by atoms with E-state index in [2.05, 4.69) is 20.9 Å². The first-order valence-electron chi connectivity index (χ1n) is 8.35. The zero-order valence-corrected chi connectivity index (χ0v) is 19.2. The van der Waals surface area contributed by atoms with Crippen molar-refractivity contribution in [3.8, 4) is 0 Å². The highest BCUT2D eigenvalue weighted by atomic mass is 79.9. The van der Waals surface area contributed by atoms with Crippen molar-refractivity contribution >= 4 is 70.7 Å². The molecule has 0 aliphatic rings. The molecule has 12 heteroatoms. The Hall–Kier alpha value is -1.86. The summed E-state index contributed by atoms with van der Waals surface area (Å²) in [6, 6.07) is 7.82. The molecule has 0 spiro atoms. The fourth-order valence-corrected chi connectivity index (χ4v) is 5.52. The molecule has 0 bridgehead atoms. The summed E-state index contributed by atoms with van der Waals surface area (Å²) in [5.41, 5.74) is 0.644. The molecule has 3 rings (SSSR count). The van der Waals surface area contributed by atoms with Crippen molar-refractivity contribution in [2.45, 2.75) is 24.8 Å². The lowest BCUT2D eigenvalue weighted by molar-refractivity contribution is -0.143. The third-order valence-electron chi connectivity index (χ3n) is 3.81. The summed E-state index contributed by atoms with van der Waals surface area (Å²) in [7, 11) is -3.87. The van der Waals surface area contributed by atoms with Crippen LogP contribution >= 0.6 is 38.6 Å². The number of hydrogen-bond acceptors (Lipinski definition) is 7. The fourth-order valence-electron chi connectivity index (χ4n) is 2.54. The van der Waals surface area contributed by atoms with Crippen LogP contribution in [0, 0.1) is 0 Å². The zero-order chi connectivity index (χ0) is 21.2. The molecule has 8 nitrogen and oxygen atoms in total. The molecule has 0 atom stereocenters. The second-order valence-electron chi connectivity index (χ2n) is 5.79. The standard InChI is InChI=1S/C17H16BrN3O5S3/c1-2-26-15(22)7-8-21-11-4-3-10(29(19,24)25)9-13(11)28-17(21)20-16(23)12-5-6-14(18)27-12/h3-6,9H,2,7-8H2,1H3,(H2,19,24,25). The number of amides is 1. The van der Waals surface area contributed by atoms with E-state index in [9.17, 15) is 18.0 Å². The first-order valence-corrected chi connectivity index (χ1v) is 12.3. The Morgan fingerprint density at radius 3 is 2.62 bits per heavy atom. The third-order valence-corrected chi connectivity index (χ3v) is 7.37. The molecule has 29 heavy (non-hydrogen) atoms. The molecule has 0 saturated carbocycles. The highest BCUT2D eigenvalue weighted by Crippen LogP contribution is 2.24. The predicted octanol–water partition coefficient (Wildman–Crippen LogP) is 2.87. The topological polar surface area (TPSA) is 121 Å².